The van der Waals surface area contributed by atoms with Gasteiger partial charge in [-0.05, 0) is 24.3 Å². The number of nitrogens with two attached hydrogens (primary N) is 1. The minimum atomic E-state index is -0.351. The van der Waals surface area contributed by atoms with Gasteiger partial charge < -0.3 is 10.5 Å². The molecule has 0 fully saturated rings. The Hall–Kier alpha value is -2.56. The summed E-state index contributed by atoms with van der Waals surface area (Å²) in [6, 6.07) is 11.8. The molecule has 96 valence electrons. The minimum absolute atomic E-state index is 0.244. The third kappa shape index (κ3) is 1.79. The molecule has 0 spiro atoms. The van der Waals surface area contributed by atoms with Gasteiger partial charge in [0.05, 0.1) is 23.8 Å². The lowest BCUT2D eigenvalue weighted by molar-refractivity contribution is 0.415. The van der Waals surface area contributed by atoms with Gasteiger partial charge in [-0.2, -0.15) is 0 Å². The number of halogens is 1. The second kappa shape index (κ2) is 4.28. The lowest BCUT2D eigenvalue weighted by Crippen LogP contribution is -2.02. The number of hydrogen-bond donors (Lipinski definition) is 1. The summed E-state index contributed by atoms with van der Waals surface area (Å²) in [5.74, 6) is 0.565. The zero-order chi connectivity index (χ0) is 13.4. The molecular formula is C14H12FN3O. The second-order valence-electron chi connectivity index (χ2n) is 4.11. The van der Waals surface area contributed by atoms with Crippen LogP contribution in [0.15, 0.2) is 42.5 Å². The number of fused-ring (bicyclic) bond motifs is 1. The highest BCUT2D eigenvalue weighted by atomic mass is 19.1. The summed E-state index contributed by atoms with van der Waals surface area (Å²) in [6.45, 7) is 0. The van der Waals surface area contributed by atoms with Gasteiger partial charge in [0.15, 0.2) is 0 Å². The van der Waals surface area contributed by atoms with Crippen LogP contribution in [0.1, 0.15) is 0 Å². The van der Waals surface area contributed by atoms with Gasteiger partial charge in [0.25, 0.3) is 0 Å². The number of nitrogens with zero attached hydrogens (tertiary/aromatic N) is 2. The highest BCUT2D eigenvalue weighted by molar-refractivity contribution is 5.82. The number of benzene rings is 2. The van der Waals surface area contributed by atoms with Crippen LogP contribution < -0.4 is 10.5 Å². The van der Waals surface area contributed by atoms with Crippen LogP contribution in [0.2, 0.25) is 0 Å². The molecule has 0 aliphatic heterocycles. The summed E-state index contributed by atoms with van der Waals surface area (Å²) in [4.78, 5) is 4.22. The lowest BCUT2D eigenvalue weighted by atomic mass is 10.2. The van der Waals surface area contributed by atoms with E-state index in [1.807, 2.05) is 0 Å². The quantitative estimate of drug-likeness (QED) is 0.768. The molecule has 0 aliphatic rings. The Labute approximate surface area is 109 Å². The first-order chi connectivity index (χ1) is 9.20. The van der Waals surface area contributed by atoms with E-state index in [1.54, 1.807) is 48.1 Å². The molecule has 0 saturated heterocycles. The van der Waals surface area contributed by atoms with Gasteiger partial charge in [0.2, 0.25) is 5.95 Å². The maximum Gasteiger partial charge on any atom is 0.206 e. The number of hydrogen-bond acceptors (Lipinski definition) is 3. The van der Waals surface area contributed by atoms with Crippen LogP contribution in [0.25, 0.3) is 16.7 Å². The first-order valence-corrected chi connectivity index (χ1v) is 5.77. The Morgan fingerprint density at radius 1 is 1.21 bits per heavy atom. The Kier molecular flexibility index (Phi) is 2.59. The number of imidazole rings is 1. The summed E-state index contributed by atoms with van der Waals surface area (Å²) in [5.41, 5.74) is 7.67. The Morgan fingerprint density at radius 2 is 2.00 bits per heavy atom. The number of anilines is 1. The molecule has 2 N–H and O–H groups in total. The third-order valence-electron chi connectivity index (χ3n) is 2.98. The number of nitrogen functional groups attached to an aromatic ring is 1. The fraction of sp³-hybridized carbons (Fsp3) is 0.0714. The fourth-order valence-corrected chi connectivity index (χ4v) is 2.09. The monoisotopic (exact) mass is 257 g/mol. The first-order valence-electron chi connectivity index (χ1n) is 5.77. The molecular weight excluding hydrogens is 245 g/mol. The largest absolute Gasteiger partial charge is 0.497 e. The van der Waals surface area contributed by atoms with E-state index in [2.05, 4.69) is 4.98 Å². The van der Waals surface area contributed by atoms with E-state index in [0.717, 1.165) is 0 Å². The van der Waals surface area contributed by atoms with E-state index in [-0.39, 0.29) is 11.8 Å². The Bertz CT molecular complexity index is 752. The second-order valence-corrected chi connectivity index (χ2v) is 4.11. The standard InChI is InChI=1S/C14H12FN3O/c1-19-9-6-7-11-13(8-9)18(14(16)17-11)12-5-3-2-4-10(12)15/h2-8H,1H3,(H2,16,17). The Balaban J connectivity index is 2.34. The van der Waals surface area contributed by atoms with Crippen LogP contribution in [-0.2, 0) is 0 Å². The number of rotatable bonds is 2. The van der Waals surface area contributed by atoms with Crippen molar-refractivity contribution in [1.29, 1.82) is 0 Å². The van der Waals surface area contributed by atoms with Crippen LogP contribution >= 0.6 is 0 Å². The van der Waals surface area contributed by atoms with E-state index in [9.17, 15) is 4.39 Å². The molecule has 2 aromatic carbocycles. The number of aromatic nitrogens is 2. The van der Waals surface area contributed by atoms with Gasteiger partial charge in [-0.1, -0.05) is 12.1 Å². The van der Waals surface area contributed by atoms with E-state index >= 15 is 0 Å². The zero-order valence-electron chi connectivity index (χ0n) is 10.3. The number of para-hydroxylation sites is 1. The molecule has 0 aliphatic carbocycles. The van der Waals surface area contributed by atoms with Crippen molar-refractivity contribution in [2.75, 3.05) is 12.8 Å². The van der Waals surface area contributed by atoms with Crippen molar-refractivity contribution in [3.63, 3.8) is 0 Å². The molecule has 5 heteroatoms. The van der Waals surface area contributed by atoms with E-state index < -0.39 is 0 Å². The molecule has 0 amide bonds. The molecule has 19 heavy (non-hydrogen) atoms. The van der Waals surface area contributed by atoms with Crippen LogP contribution in [-0.4, -0.2) is 16.7 Å². The molecule has 0 unspecified atom stereocenters. The van der Waals surface area contributed by atoms with Gasteiger partial charge in [0.1, 0.15) is 11.6 Å². The van der Waals surface area contributed by atoms with Crippen LogP contribution in [0.5, 0.6) is 5.75 Å². The summed E-state index contributed by atoms with van der Waals surface area (Å²) >= 11 is 0. The topological polar surface area (TPSA) is 53.1 Å². The molecule has 0 bridgehead atoms. The van der Waals surface area contributed by atoms with Crippen molar-refractivity contribution >= 4 is 17.0 Å². The SMILES string of the molecule is COc1ccc2nc(N)n(-c3ccccc3F)c2c1. The van der Waals surface area contributed by atoms with Gasteiger partial charge in [-0.25, -0.2) is 9.37 Å². The molecule has 3 rings (SSSR count). The predicted molar refractivity (Wildman–Crippen MR) is 72.0 cm³/mol. The number of methoxy groups -OCH3 is 1. The van der Waals surface area contributed by atoms with Crippen LogP contribution in [0, 0.1) is 5.82 Å². The average molecular weight is 257 g/mol. The summed E-state index contributed by atoms with van der Waals surface area (Å²) < 4.78 is 20.7. The zero-order valence-corrected chi connectivity index (χ0v) is 10.3. The van der Waals surface area contributed by atoms with Crippen LogP contribution in [0.3, 0.4) is 0 Å². The molecule has 0 atom stereocenters. The molecule has 3 aromatic rings. The highest BCUT2D eigenvalue weighted by Crippen LogP contribution is 2.27. The van der Waals surface area contributed by atoms with Gasteiger partial charge in [0, 0.05) is 6.07 Å². The van der Waals surface area contributed by atoms with E-state index in [0.29, 0.717) is 22.5 Å². The molecule has 1 aromatic heterocycles. The van der Waals surface area contributed by atoms with Crippen molar-refractivity contribution in [3.05, 3.63) is 48.3 Å². The van der Waals surface area contributed by atoms with Gasteiger partial charge >= 0.3 is 0 Å². The smallest absolute Gasteiger partial charge is 0.206 e. The Morgan fingerprint density at radius 3 is 2.74 bits per heavy atom. The van der Waals surface area contributed by atoms with Gasteiger partial charge in [-0.15, -0.1) is 0 Å². The van der Waals surface area contributed by atoms with Crippen molar-refractivity contribution < 1.29 is 9.13 Å². The minimum Gasteiger partial charge on any atom is -0.497 e. The third-order valence-corrected chi connectivity index (χ3v) is 2.98. The fourth-order valence-electron chi connectivity index (χ4n) is 2.09. The van der Waals surface area contributed by atoms with Crippen molar-refractivity contribution in [3.8, 4) is 11.4 Å². The summed E-state index contributed by atoms with van der Waals surface area (Å²) in [5, 5.41) is 0. The molecule has 4 nitrogen and oxygen atoms in total. The van der Waals surface area contributed by atoms with Crippen molar-refractivity contribution in [2.24, 2.45) is 0 Å². The predicted octanol–water partition coefficient (Wildman–Crippen LogP) is 2.76. The maximum atomic E-state index is 13.9. The van der Waals surface area contributed by atoms with Crippen molar-refractivity contribution in [1.82, 2.24) is 9.55 Å². The molecule has 0 radical (unpaired) electrons. The van der Waals surface area contributed by atoms with E-state index in [1.165, 1.54) is 6.07 Å². The van der Waals surface area contributed by atoms with Crippen LogP contribution in [0.4, 0.5) is 10.3 Å². The average Bonchev–Trinajstić information content (AvgIpc) is 2.74. The van der Waals surface area contributed by atoms with E-state index in [4.69, 9.17) is 10.5 Å². The molecule has 0 saturated carbocycles. The molecule has 1 heterocycles. The number of ether oxygens (including phenoxy) is 1. The normalized spacial score (nSPS) is 10.8. The summed E-state index contributed by atoms with van der Waals surface area (Å²) in [7, 11) is 1.58. The first kappa shape index (κ1) is 11.5. The summed E-state index contributed by atoms with van der Waals surface area (Å²) in [6.07, 6.45) is 0. The highest BCUT2D eigenvalue weighted by Gasteiger charge is 2.13. The van der Waals surface area contributed by atoms with Gasteiger partial charge in [-0.3, -0.25) is 4.57 Å². The van der Waals surface area contributed by atoms with Crippen molar-refractivity contribution in [2.45, 2.75) is 0 Å². The maximum absolute atomic E-state index is 13.9. The lowest BCUT2D eigenvalue weighted by Gasteiger charge is -2.08.